The molecule has 1 aromatic rings. The first-order valence-corrected chi connectivity index (χ1v) is 7.31. The van der Waals surface area contributed by atoms with Gasteiger partial charge in [0.2, 0.25) is 0 Å². The Hall–Kier alpha value is -0.800. The van der Waals surface area contributed by atoms with Crippen LogP contribution in [0.3, 0.4) is 0 Å². The summed E-state index contributed by atoms with van der Waals surface area (Å²) in [5.74, 6) is 2.63. The molecule has 0 saturated carbocycles. The van der Waals surface area contributed by atoms with Gasteiger partial charge in [-0.3, -0.25) is 0 Å². The van der Waals surface area contributed by atoms with Crippen molar-refractivity contribution in [3.63, 3.8) is 0 Å². The van der Waals surface area contributed by atoms with Crippen molar-refractivity contribution in [2.24, 2.45) is 5.92 Å². The summed E-state index contributed by atoms with van der Waals surface area (Å²) < 4.78 is 11.6. The third kappa shape index (κ3) is 6.26. The lowest BCUT2D eigenvalue weighted by molar-refractivity contribution is 0.0391. The summed E-state index contributed by atoms with van der Waals surface area (Å²) in [5.41, 5.74) is 1.16. The van der Waals surface area contributed by atoms with Gasteiger partial charge in [-0.2, -0.15) is 0 Å². The Balaban J connectivity index is 2.45. The lowest BCUT2D eigenvalue weighted by Gasteiger charge is -2.14. The van der Waals surface area contributed by atoms with Crippen LogP contribution in [0, 0.1) is 12.8 Å². The number of hydrogen-bond acceptors (Lipinski definition) is 3. The van der Waals surface area contributed by atoms with Gasteiger partial charge in [0.05, 0.1) is 19.3 Å². The van der Waals surface area contributed by atoms with Gasteiger partial charge < -0.3 is 14.5 Å². The zero-order valence-electron chi connectivity index (χ0n) is 13.2. The Kier molecular flexibility index (Phi) is 6.59. The molecule has 110 valence electrons. The maximum Gasteiger partial charge on any atom is 0.118 e. The molecule has 0 amide bonds. The van der Waals surface area contributed by atoms with E-state index in [1.165, 1.54) is 0 Å². The minimum Gasteiger partial charge on any atom is -0.465 e. The third-order valence-corrected chi connectivity index (χ3v) is 3.08. The fourth-order valence-electron chi connectivity index (χ4n) is 2.09. The van der Waals surface area contributed by atoms with E-state index in [1.54, 1.807) is 0 Å². The van der Waals surface area contributed by atoms with E-state index in [9.17, 15) is 0 Å². The van der Waals surface area contributed by atoms with Gasteiger partial charge in [0.25, 0.3) is 0 Å². The monoisotopic (exact) mass is 267 g/mol. The van der Waals surface area contributed by atoms with Crippen LogP contribution in [0.2, 0.25) is 0 Å². The van der Waals surface area contributed by atoms with E-state index < -0.39 is 0 Å². The second-order valence-corrected chi connectivity index (χ2v) is 6.08. The molecule has 0 aliphatic heterocycles. The van der Waals surface area contributed by atoms with Crippen LogP contribution in [0.1, 0.15) is 58.1 Å². The normalized spacial score (nSPS) is 13.5. The number of ether oxygens (including phenoxy) is 1. The molecular weight excluding hydrogens is 238 g/mol. The van der Waals surface area contributed by atoms with E-state index in [2.05, 4.69) is 46.0 Å². The van der Waals surface area contributed by atoms with Crippen LogP contribution in [-0.4, -0.2) is 12.1 Å². The van der Waals surface area contributed by atoms with Gasteiger partial charge in [0.1, 0.15) is 11.5 Å². The molecule has 0 saturated heterocycles. The van der Waals surface area contributed by atoms with Crippen molar-refractivity contribution in [3.8, 4) is 0 Å². The summed E-state index contributed by atoms with van der Waals surface area (Å²) in [4.78, 5) is 0. The Bertz CT molecular complexity index is 369. The van der Waals surface area contributed by atoms with E-state index in [0.29, 0.717) is 24.7 Å². The van der Waals surface area contributed by atoms with Crippen molar-refractivity contribution in [3.05, 3.63) is 23.2 Å². The SMILES string of the molecule is Cc1oc(CNC(C)C)cc1COC(C)CC(C)C. The molecule has 1 heterocycles. The number of furan rings is 1. The Morgan fingerprint density at radius 2 is 1.89 bits per heavy atom. The van der Waals surface area contributed by atoms with Crippen LogP contribution < -0.4 is 5.32 Å². The molecule has 1 unspecified atom stereocenters. The first-order valence-electron chi connectivity index (χ1n) is 7.31. The van der Waals surface area contributed by atoms with E-state index in [-0.39, 0.29) is 0 Å². The van der Waals surface area contributed by atoms with E-state index in [1.807, 2.05) is 6.92 Å². The number of hydrogen-bond donors (Lipinski definition) is 1. The minimum absolute atomic E-state index is 0.298. The van der Waals surface area contributed by atoms with E-state index in [4.69, 9.17) is 9.15 Å². The zero-order valence-corrected chi connectivity index (χ0v) is 13.2. The molecule has 0 aliphatic rings. The fourth-order valence-corrected chi connectivity index (χ4v) is 2.09. The summed E-state index contributed by atoms with van der Waals surface area (Å²) in [6, 6.07) is 2.57. The standard InChI is InChI=1S/C16H29NO2/c1-11(2)7-13(5)18-10-15-8-16(19-14(15)6)9-17-12(3)4/h8,11-13,17H,7,9-10H2,1-6H3. The summed E-state index contributed by atoms with van der Waals surface area (Å²) >= 11 is 0. The predicted molar refractivity (Wildman–Crippen MR) is 79.1 cm³/mol. The van der Waals surface area contributed by atoms with E-state index in [0.717, 1.165) is 30.0 Å². The van der Waals surface area contributed by atoms with Crippen LogP contribution in [0.4, 0.5) is 0 Å². The predicted octanol–water partition coefficient (Wildman–Crippen LogP) is 4.04. The number of aryl methyl sites for hydroxylation is 1. The van der Waals surface area contributed by atoms with Crippen LogP contribution >= 0.6 is 0 Å². The fraction of sp³-hybridized carbons (Fsp3) is 0.750. The smallest absolute Gasteiger partial charge is 0.118 e. The molecule has 0 bridgehead atoms. The Morgan fingerprint density at radius 1 is 1.21 bits per heavy atom. The van der Waals surface area contributed by atoms with Gasteiger partial charge in [-0.1, -0.05) is 27.7 Å². The van der Waals surface area contributed by atoms with Crippen LogP contribution in [0.25, 0.3) is 0 Å². The second kappa shape index (κ2) is 7.71. The molecule has 0 aliphatic carbocycles. The van der Waals surface area contributed by atoms with Gasteiger partial charge >= 0.3 is 0 Å². The molecule has 0 aromatic carbocycles. The molecule has 0 spiro atoms. The molecular formula is C16H29NO2. The van der Waals surface area contributed by atoms with Gasteiger partial charge in [-0.15, -0.1) is 0 Å². The van der Waals surface area contributed by atoms with Crippen molar-refractivity contribution >= 4 is 0 Å². The first kappa shape index (κ1) is 16.3. The highest BCUT2D eigenvalue weighted by Gasteiger charge is 2.11. The topological polar surface area (TPSA) is 34.4 Å². The molecule has 0 radical (unpaired) electrons. The van der Waals surface area contributed by atoms with Crippen LogP contribution in [0.15, 0.2) is 10.5 Å². The Labute approximate surface area is 117 Å². The molecule has 3 heteroatoms. The van der Waals surface area contributed by atoms with Crippen molar-refractivity contribution in [2.45, 2.75) is 73.3 Å². The first-order chi connectivity index (χ1) is 8.88. The summed E-state index contributed by atoms with van der Waals surface area (Å²) in [5, 5.41) is 3.36. The quantitative estimate of drug-likeness (QED) is 0.772. The highest BCUT2D eigenvalue weighted by Crippen LogP contribution is 2.17. The van der Waals surface area contributed by atoms with Gasteiger partial charge in [0, 0.05) is 11.6 Å². The minimum atomic E-state index is 0.298. The summed E-state index contributed by atoms with van der Waals surface area (Å²) in [6.07, 6.45) is 1.39. The van der Waals surface area contributed by atoms with Crippen molar-refractivity contribution < 1.29 is 9.15 Å². The third-order valence-electron chi connectivity index (χ3n) is 3.08. The number of rotatable bonds is 8. The average Bonchev–Trinajstić information content (AvgIpc) is 2.64. The molecule has 1 N–H and O–H groups in total. The zero-order chi connectivity index (χ0) is 14.4. The summed E-state index contributed by atoms with van der Waals surface area (Å²) in [6.45, 7) is 14.3. The lowest BCUT2D eigenvalue weighted by atomic mass is 10.1. The van der Waals surface area contributed by atoms with E-state index >= 15 is 0 Å². The maximum absolute atomic E-state index is 5.88. The summed E-state index contributed by atoms with van der Waals surface area (Å²) in [7, 11) is 0. The number of nitrogens with one attached hydrogen (secondary N) is 1. The highest BCUT2D eigenvalue weighted by atomic mass is 16.5. The average molecular weight is 267 g/mol. The van der Waals surface area contributed by atoms with Crippen molar-refractivity contribution in [1.82, 2.24) is 5.32 Å². The molecule has 19 heavy (non-hydrogen) atoms. The molecule has 1 atom stereocenters. The van der Waals surface area contributed by atoms with Crippen molar-refractivity contribution in [1.29, 1.82) is 0 Å². The van der Waals surface area contributed by atoms with Gasteiger partial charge in [-0.25, -0.2) is 0 Å². The molecule has 1 aromatic heterocycles. The van der Waals surface area contributed by atoms with Crippen molar-refractivity contribution in [2.75, 3.05) is 0 Å². The molecule has 3 nitrogen and oxygen atoms in total. The van der Waals surface area contributed by atoms with Gasteiger partial charge in [-0.05, 0) is 32.3 Å². The van der Waals surface area contributed by atoms with Gasteiger partial charge in [0.15, 0.2) is 0 Å². The maximum atomic E-state index is 5.88. The van der Waals surface area contributed by atoms with Crippen LogP contribution in [0.5, 0.6) is 0 Å². The Morgan fingerprint density at radius 3 is 2.47 bits per heavy atom. The largest absolute Gasteiger partial charge is 0.465 e. The lowest BCUT2D eigenvalue weighted by Crippen LogP contribution is -2.21. The molecule has 0 fully saturated rings. The molecule has 1 rings (SSSR count). The highest BCUT2D eigenvalue weighted by molar-refractivity contribution is 5.20. The van der Waals surface area contributed by atoms with Crippen LogP contribution in [-0.2, 0) is 17.9 Å². The second-order valence-electron chi connectivity index (χ2n) is 6.08.